The number of benzene rings is 4. The average molecular weight is 506 g/mol. The van der Waals surface area contributed by atoms with Crippen molar-refractivity contribution in [2.45, 2.75) is 18.4 Å². The minimum Gasteiger partial charge on any atom is -1.00 e. The number of amides is 1. The fourth-order valence-corrected chi connectivity index (χ4v) is 5.03. The van der Waals surface area contributed by atoms with Crippen LogP contribution in [0.3, 0.4) is 0 Å². The van der Waals surface area contributed by atoms with Crippen LogP contribution < -0.4 is 34.3 Å². The molecule has 0 saturated carbocycles. The van der Waals surface area contributed by atoms with E-state index in [0.29, 0.717) is 6.54 Å². The van der Waals surface area contributed by atoms with E-state index in [1.54, 1.807) is 36.4 Å². The van der Waals surface area contributed by atoms with E-state index in [0.717, 1.165) is 33.5 Å². The molecule has 0 aliphatic rings. The van der Waals surface area contributed by atoms with E-state index >= 15 is 0 Å². The summed E-state index contributed by atoms with van der Waals surface area (Å²) in [7, 11) is -3.96. The van der Waals surface area contributed by atoms with Crippen LogP contribution in [-0.2, 0) is 16.6 Å². The molecule has 0 fully saturated rings. The number of hydrogen-bond donors (Lipinski definition) is 1. The van der Waals surface area contributed by atoms with Gasteiger partial charge in [-0.2, -0.15) is 0 Å². The minimum atomic E-state index is -3.96. The molecule has 0 saturated heterocycles. The maximum Gasteiger partial charge on any atom is 1.00 e. The smallest absolute Gasteiger partial charge is 1.00 e. The number of aromatic nitrogens is 2. The maximum absolute atomic E-state index is 12.8. The summed E-state index contributed by atoms with van der Waals surface area (Å²) in [6.45, 7) is 2.49. The van der Waals surface area contributed by atoms with Crippen molar-refractivity contribution in [2.24, 2.45) is 0 Å². The number of rotatable bonds is 6. The zero-order chi connectivity index (χ0) is 24.4. The Kier molecular flexibility index (Phi) is 7.76. The number of imidazole rings is 1. The van der Waals surface area contributed by atoms with Crippen LogP contribution in [0.1, 0.15) is 23.2 Å². The molecule has 0 bridgehead atoms. The van der Waals surface area contributed by atoms with Crippen LogP contribution in [0.2, 0.25) is 0 Å². The predicted molar refractivity (Wildman–Crippen MR) is 138 cm³/mol. The number of aryl methyl sites for hydroxylation is 1. The molecule has 1 aromatic heterocycles. The largest absolute Gasteiger partial charge is 1.00 e. The number of carbonyl (C=O) groups excluding carboxylic acids is 1. The van der Waals surface area contributed by atoms with Crippen molar-refractivity contribution in [3.8, 4) is 11.1 Å². The molecule has 0 aliphatic carbocycles. The Morgan fingerprint density at radius 3 is 2.14 bits per heavy atom. The second-order valence-electron chi connectivity index (χ2n) is 8.26. The second kappa shape index (κ2) is 10.8. The van der Waals surface area contributed by atoms with E-state index in [1.165, 1.54) is 12.1 Å². The van der Waals surface area contributed by atoms with Gasteiger partial charge in [0, 0.05) is 12.1 Å². The number of fused-ring (bicyclic) bond motifs is 1. The molecule has 0 unspecified atom stereocenters. The van der Waals surface area contributed by atoms with Gasteiger partial charge in [-0.3, -0.25) is 4.79 Å². The number of carbonyl (C=O) groups is 1. The van der Waals surface area contributed by atoms with Crippen LogP contribution in [-0.4, -0.2) is 23.9 Å². The molecule has 0 spiro atoms. The first-order chi connectivity index (χ1) is 16.9. The molecule has 176 valence electrons. The van der Waals surface area contributed by atoms with Gasteiger partial charge < -0.3 is 5.99 Å². The Morgan fingerprint density at radius 2 is 1.47 bits per heavy atom. The molecule has 1 N–H and O–H groups in total. The van der Waals surface area contributed by atoms with Gasteiger partial charge in [0.2, 0.25) is 0 Å². The van der Waals surface area contributed by atoms with Crippen molar-refractivity contribution >= 4 is 27.0 Å². The predicted octanol–water partition coefficient (Wildman–Crippen LogP) is 2.30. The quantitative estimate of drug-likeness (QED) is 0.359. The van der Waals surface area contributed by atoms with Gasteiger partial charge in [-0.1, -0.05) is 72.8 Å². The molecule has 8 heteroatoms. The molecule has 6 nitrogen and oxygen atoms in total. The van der Waals surface area contributed by atoms with Crippen LogP contribution in [0.25, 0.3) is 22.2 Å². The van der Waals surface area contributed by atoms with Gasteiger partial charge in [0.05, 0.1) is 15.9 Å². The van der Waals surface area contributed by atoms with Crippen LogP contribution in [0.4, 0.5) is 0 Å². The number of nitrogens with zero attached hydrogens (tertiary/aromatic N) is 2. The Balaban J connectivity index is 0.00000190. The van der Waals surface area contributed by atoms with Gasteiger partial charge in [0.15, 0.2) is 0 Å². The molecule has 0 atom stereocenters. The topological polar surface area (TPSA) is 81.1 Å². The summed E-state index contributed by atoms with van der Waals surface area (Å²) in [6.07, 6.45) is 0. The fourth-order valence-electron chi connectivity index (χ4n) is 4.04. The number of nitrogens with one attached hydrogen (secondary N) is 1. The molecule has 4 aromatic carbocycles. The standard InChI is InChI=1S/C28H23N3O3S.Na.H/c1-20-29-26-17-16-24(28(32)30-35(33,34)25-10-6-3-7-11-25)18-27(26)31(20)19-21-12-14-23(15-13-21)22-8-4-2-5-9-22;;/h2-18H,19H2,1H3,(H,30,32);;/q;+1;-1. The first-order valence-corrected chi connectivity index (χ1v) is 12.6. The maximum atomic E-state index is 12.8. The third kappa shape index (κ3) is 5.44. The molecule has 0 radical (unpaired) electrons. The fraction of sp³-hybridized carbons (Fsp3) is 0.0714. The monoisotopic (exact) mass is 505 g/mol. The van der Waals surface area contributed by atoms with Gasteiger partial charge in [-0.15, -0.1) is 0 Å². The molecular weight excluding hydrogens is 481 g/mol. The zero-order valence-corrected chi connectivity index (χ0v) is 22.9. The second-order valence-corrected chi connectivity index (χ2v) is 9.94. The molecule has 1 amide bonds. The summed E-state index contributed by atoms with van der Waals surface area (Å²) in [5, 5.41) is 0. The summed E-state index contributed by atoms with van der Waals surface area (Å²) in [4.78, 5) is 17.5. The Hall–Kier alpha value is -3.23. The molecule has 5 rings (SSSR count). The molecule has 36 heavy (non-hydrogen) atoms. The van der Waals surface area contributed by atoms with Crippen molar-refractivity contribution in [1.29, 1.82) is 0 Å². The SMILES string of the molecule is Cc1nc2ccc(C(=O)NS(=O)(=O)c3ccccc3)cc2n1Cc1ccc(-c2ccccc2)cc1.[H-].[Na+]. The normalized spacial score (nSPS) is 11.1. The third-order valence-electron chi connectivity index (χ3n) is 5.88. The summed E-state index contributed by atoms with van der Waals surface area (Å²) in [5.41, 5.74) is 5.14. The van der Waals surface area contributed by atoms with Gasteiger partial charge in [0.1, 0.15) is 5.82 Å². The minimum absolute atomic E-state index is 0. The van der Waals surface area contributed by atoms with Gasteiger partial charge in [-0.25, -0.2) is 18.1 Å². The van der Waals surface area contributed by atoms with Crippen molar-refractivity contribution in [3.05, 3.63) is 120 Å². The van der Waals surface area contributed by atoms with Gasteiger partial charge >= 0.3 is 29.6 Å². The van der Waals surface area contributed by atoms with Crippen molar-refractivity contribution < 1.29 is 44.2 Å². The van der Waals surface area contributed by atoms with Gasteiger partial charge in [-0.05, 0) is 53.9 Å². The van der Waals surface area contributed by atoms with E-state index in [-0.39, 0.29) is 41.4 Å². The molecular formula is C28H24N3NaO3S. The number of hydrogen-bond acceptors (Lipinski definition) is 4. The van der Waals surface area contributed by atoms with E-state index < -0.39 is 15.9 Å². The Bertz CT molecular complexity index is 1620. The first kappa shape index (κ1) is 25.9. The number of sulfonamides is 1. The average Bonchev–Trinajstić information content (AvgIpc) is 3.19. The zero-order valence-electron chi connectivity index (χ0n) is 21.0. The van der Waals surface area contributed by atoms with Crippen molar-refractivity contribution in [3.63, 3.8) is 0 Å². The molecule has 5 aromatic rings. The third-order valence-corrected chi connectivity index (χ3v) is 7.23. The van der Waals surface area contributed by atoms with Crippen LogP contribution >= 0.6 is 0 Å². The van der Waals surface area contributed by atoms with Crippen LogP contribution in [0.5, 0.6) is 0 Å². The molecule has 0 aliphatic heterocycles. The summed E-state index contributed by atoms with van der Waals surface area (Å²) in [6, 6.07) is 31.4. The van der Waals surface area contributed by atoms with E-state index in [9.17, 15) is 13.2 Å². The van der Waals surface area contributed by atoms with Gasteiger partial charge in [0.25, 0.3) is 15.9 Å². The van der Waals surface area contributed by atoms with E-state index in [2.05, 4.69) is 46.1 Å². The van der Waals surface area contributed by atoms with E-state index in [4.69, 9.17) is 0 Å². The molecule has 1 heterocycles. The van der Waals surface area contributed by atoms with Crippen LogP contribution in [0.15, 0.2) is 108 Å². The Labute approximate surface area is 233 Å². The summed E-state index contributed by atoms with van der Waals surface area (Å²) in [5.74, 6) is 0.120. The van der Waals surface area contributed by atoms with Crippen molar-refractivity contribution in [1.82, 2.24) is 14.3 Å². The van der Waals surface area contributed by atoms with Crippen molar-refractivity contribution in [2.75, 3.05) is 0 Å². The van der Waals surface area contributed by atoms with Crippen LogP contribution in [0, 0.1) is 6.92 Å². The Morgan fingerprint density at radius 1 is 0.861 bits per heavy atom. The summed E-state index contributed by atoms with van der Waals surface area (Å²) >= 11 is 0. The van der Waals surface area contributed by atoms with E-state index in [1.807, 2.05) is 29.7 Å². The summed E-state index contributed by atoms with van der Waals surface area (Å²) < 4.78 is 29.3. The first-order valence-electron chi connectivity index (χ1n) is 11.1.